The van der Waals surface area contributed by atoms with Crippen LogP contribution < -0.4 is 4.72 Å². The highest BCUT2D eigenvalue weighted by Gasteiger charge is 2.27. The molecule has 0 radical (unpaired) electrons. The second-order valence-corrected chi connectivity index (χ2v) is 6.74. The lowest BCUT2D eigenvalue weighted by Crippen LogP contribution is -2.42. The van der Waals surface area contributed by atoms with Gasteiger partial charge < -0.3 is 0 Å². The molecule has 0 aromatic carbocycles. The van der Waals surface area contributed by atoms with Gasteiger partial charge in [-0.2, -0.15) is 0 Å². The minimum Gasteiger partial charge on any atom is -0.261 e. The highest BCUT2D eigenvalue weighted by molar-refractivity contribution is 7.96. The number of nitrogens with one attached hydrogen (secondary N) is 1. The highest BCUT2D eigenvalue weighted by atomic mass is 32.2. The Morgan fingerprint density at radius 2 is 1.93 bits per heavy atom. The quantitative estimate of drug-likeness (QED) is 0.756. The zero-order valence-corrected chi connectivity index (χ0v) is 11.2. The second-order valence-electron chi connectivity index (χ2n) is 4.11. The van der Waals surface area contributed by atoms with Crippen molar-refractivity contribution in [2.75, 3.05) is 25.6 Å². The maximum Gasteiger partial charge on any atom is 0.211 e. The van der Waals surface area contributed by atoms with E-state index in [2.05, 4.69) is 11.6 Å². The molecule has 4 nitrogen and oxygen atoms in total. The Hall–Kier alpha value is 0.220. The van der Waals surface area contributed by atoms with E-state index in [1.165, 1.54) is 6.26 Å². The van der Waals surface area contributed by atoms with Crippen LogP contribution in [0, 0.1) is 5.92 Å². The Balaban J connectivity index is 2.42. The predicted molar refractivity (Wildman–Crippen MR) is 65.3 cm³/mol. The maximum absolute atomic E-state index is 11.3. The summed E-state index contributed by atoms with van der Waals surface area (Å²) in [5.41, 5.74) is 0. The van der Waals surface area contributed by atoms with Crippen molar-refractivity contribution in [2.45, 2.75) is 25.8 Å². The lowest BCUT2D eigenvalue weighted by Gasteiger charge is -2.33. The molecule has 1 atom stereocenters. The third kappa shape index (κ3) is 3.94. The smallest absolute Gasteiger partial charge is 0.211 e. The molecule has 0 spiro atoms. The standard InChI is InChI=1S/C9H20N2O2S2/c1-8(10-14-2)9-4-6-11(7-5-9)15(3,12)13/h8-10H,4-7H2,1-3H3. The number of rotatable bonds is 4. The van der Waals surface area contributed by atoms with Gasteiger partial charge in [-0.15, -0.1) is 0 Å². The molecule has 1 fully saturated rings. The molecule has 1 aliphatic heterocycles. The monoisotopic (exact) mass is 252 g/mol. The third-order valence-electron chi connectivity index (χ3n) is 2.98. The molecule has 1 saturated heterocycles. The summed E-state index contributed by atoms with van der Waals surface area (Å²) in [6.07, 6.45) is 5.22. The van der Waals surface area contributed by atoms with Crippen LogP contribution in [0.3, 0.4) is 0 Å². The van der Waals surface area contributed by atoms with Crippen molar-refractivity contribution in [2.24, 2.45) is 5.92 Å². The van der Waals surface area contributed by atoms with Crippen LogP contribution in [0.5, 0.6) is 0 Å². The van der Waals surface area contributed by atoms with E-state index in [1.807, 2.05) is 6.26 Å². The molecule has 1 N–H and O–H groups in total. The molecule has 1 heterocycles. The zero-order chi connectivity index (χ0) is 11.5. The average molecular weight is 252 g/mol. The Labute approximate surface area is 97.0 Å². The van der Waals surface area contributed by atoms with E-state index in [-0.39, 0.29) is 0 Å². The SMILES string of the molecule is CSNC(C)C1CCN(S(C)(=O)=O)CC1. The predicted octanol–water partition coefficient (Wildman–Crippen LogP) is 0.914. The molecular weight excluding hydrogens is 232 g/mol. The van der Waals surface area contributed by atoms with Crippen molar-refractivity contribution < 1.29 is 8.42 Å². The van der Waals surface area contributed by atoms with Crippen molar-refractivity contribution in [3.05, 3.63) is 0 Å². The number of hydrogen-bond donors (Lipinski definition) is 1. The molecule has 1 unspecified atom stereocenters. The van der Waals surface area contributed by atoms with Crippen molar-refractivity contribution in [1.29, 1.82) is 0 Å². The van der Waals surface area contributed by atoms with Gasteiger partial charge in [-0.25, -0.2) is 12.7 Å². The minimum atomic E-state index is -2.98. The van der Waals surface area contributed by atoms with Crippen LogP contribution >= 0.6 is 11.9 Å². The van der Waals surface area contributed by atoms with Crippen molar-refractivity contribution >= 4 is 22.0 Å². The molecule has 15 heavy (non-hydrogen) atoms. The van der Waals surface area contributed by atoms with Crippen LogP contribution in [0.4, 0.5) is 0 Å². The second kappa shape index (κ2) is 5.52. The van der Waals surface area contributed by atoms with Gasteiger partial charge in [0.15, 0.2) is 0 Å². The first-order chi connectivity index (χ1) is 6.95. The van der Waals surface area contributed by atoms with E-state index in [1.54, 1.807) is 16.3 Å². The Morgan fingerprint density at radius 3 is 2.33 bits per heavy atom. The summed E-state index contributed by atoms with van der Waals surface area (Å²) < 4.78 is 27.5. The van der Waals surface area contributed by atoms with E-state index in [4.69, 9.17) is 0 Å². The van der Waals surface area contributed by atoms with E-state index in [0.29, 0.717) is 25.0 Å². The molecule has 90 valence electrons. The van der Waals surface area contributed by atoms with Crippen LogP contribution in [0.15, 0.2) is 0 Å². The summed E-state index contributed by atoms with van der Waals surface area (Å²) in [4.78, 5) is 0. The molecular formula is C9H20N2O2S2. The fraction of sp³-hybridized carbons (Fsp3) is 1.00. The molecule has 6 heteroatoms. The lowest BCUT2D eigenvalue weighted by atomic mass is 9.92. The summed E-state index contributed by atoms with van der Waals surface area (Å²) in [6.45, 7) is 3.51. The third-order valence-corrected chi connectivity index (χ3v) is 4.89. The normalized spacial score (nSPS) is 22.9. The van der Waals surface area contributed by atoms with Gasteiger partial charge in [-0.3, -0.25) is 4.72 Å². The maximum atomic E-state index is 11.3. The van der Waals surface area contributed by atoms with Gasteiger partial charge in [-0.1, -0.05) is 11.9 Å². The first-order valence-electron chi connectivity index (χ1n) is 5.18. The van der Waals surface area contributed by atoms with Gasteiger partial charge in [0.2, 0.25) is 10.0 Å². The van der Waals surface area contributed by atoms with Gasteiger partial charge in [0.25, 0.3) is 0 Å². The van der Waals surface area contributed by atoms with Crippen LogP contribution in [0.1, 0.15) is 19.8 Å². The molecule has 0 aromatic heterocycles. The molecule has 0 bridgehead atoms. The fourth-order valence-corrected chi connectivity index (χ4v) is 3.43. The Kier molecular flexibility index (Phi) is 4.89. The molecule has 0 amide bonds. The van der Waals surface area contributed by atoms with E-state index >= 15 is 0 Å². The minimum absolute atomic E-state index is 0.460. The van der Waals surface area contributed by atoms with E-state index in [0.717, 1.165) is 12.8 Å². The largest absolute Gasteiger partial charge is 0.261 e. The molecule has 1 aliphatic rings. The van der Waals surface area contributed by atoms with Gasteiger partial charge in [0.1, 0.15) is 0 Å². The molecule has 0 aromatic rings. The fourth-order valence-electron chi connectivity index (χ4n) is 1.99. The van der Waals surface area contributed by atoms with Crippen LogP contribution in [0.2, 0.25) is 0 Å². The van der Waals surface area contributed by atoms with Crippen molar-refractivity contribution in [3.8, 4) is 0 Å². The van der Waals surface area contributed by atoms with Gasteiger partial charge in [0, 0.05) is 19.1 Å². The summed E-state index contributed by atoms with van der Waals surface area (Å²) in [5.74, 6) is 0.593. The number of nitrogens with zero attached hydrogens (tertiary/aromatic N) is 1. The van der Waals surface area contributed by atoms with Crippen LogP contribution in [-0.4, -0.2) is 44.4 Å². The Morgan fingerprint density at radius 1 is 1.40 bits per heavy atom. The van der Waals surface area contributed by atoms with Crippen LogP contribution in [0.25, 0.3) is 0 Å². The van der Waals surface area contributed by atoms with Gasteiger partial charge in [0.05, 0.1) is 6.26 Å². The summed E-state index contributed by atoms with van der Waals surface area (Å²) in [7, 11) is -2.98. The van der Waals surface area contributed by atoms with Crippen molar-refractivity contribution in [1.82, 2.24) is 9.03 Å². The molecule has 1 rings (SSSR count). The van der Waals surface area contributed by atoms with E-state index < -0.39 is 10.0 Å². The van der Waals surface area contributed by atoms with Gasteiger partial charge >= 0.3 is 0 Å². The van der Waals surface area contributed by atoms with Gasteiger partial charge in [-0.05, 0) is 31.9 Å². The summed E-state index contributed by atoms with van der Waals surface area (Å²) in [6, 6.07) is 0.460. The highest BCUT2D eigenvalue weighted by Crippen LogP contribution is 2.22. The average Bonchev–Trinajstić information content (AvgIpc) is 2.17. The van der Waals surface area contributed by atoms with E-state index in [9.17, 15) is 8.42 Å². The lowest BCUT2D eigenvalue weighted by molar-refractivity contribution is 0.246. The summed E-state index contributed by atoms with van der Waals surface area (Å²) >= 11 is 1.63. The first kappa shape index (κ1) is 13.3. The number of sulfonamides is 1. The molecule has 0 aliphatic carbocycles. The number of hydrogen-bond acceptors (Lipinski definition) is 4. The first-order valence-corrected chi connectivity index (χ1v) is 8.26. The molecule has 0 saturated carbocycles. The Bertz CT molecular complexity index is 284. The summed E-state index contributed by atoms with van der Waals surface area (Å²) in [5, 5.41) is 0. The van der Waals surface area contributed by atoms with Crippen molar-refractivity contribution in [3.63, 3.8) is 0 Å². The zero-order valence-electron chi connectivity index (χ0n) is 9.56. The number of piperidine rings is 1. The van der Waals surface area contributed by atoms with Crippen LogP contribution in [-0.2, 0) is 10.0 Å². The topological polar surface area (TPSA) is 49.4 Å².